The Kier molecular flexibility index (Phi) is 6.80. The second-order valence-electron chi connectivity index (χ2n) is 14.2. The van der Waals surface area contributed by atoms with Gasteiger partial charge in [0.2, 0.25) is 0 Å². The van der Waals surface area contributed by atoms with Gasteiger partial charge in [-0.2, -0.15) is 5.26 Å². The average molecular weight is 699 g/mol. The molecule has 11 rings (SSSR count). The van der Waals surface area contributed by atoms with Gasteiger partial charge in [0.15, 0.2) is 17.5 Å². The Balaban J connectivity index is 1.09. The van der Waals surface area contributed by atoms with Crippen molar-refractivity contribution in [3.8, 4) is 73.6 Å². The van der Waals surface area contributed by atoms with E-state index >= 15 is 0 Å². The summed E-state index contributed by atoms with van der Waals surface area (Å²) in [6, 6.07) is 66.1. The Labute approximate surface area is 318 Å². The topological polar surface area (TPSA) is 62.5 Å². The van der Waals surface area contributed by atoms with E-state index in [1.165, 1.54) is 27.8 Å². The lowest BCUT2D eigenvalue weighted by atomic mass is 9.70. The van der Waals surface area contributed by atoms with Gasteiger partial charge in [-0.15, -0.1) is 0 Å². The minimum Gasteiger partial charge on any atom is -0.208 e. The Morgan fingerprint density at radius 3 is 1.58 bits per heavy atom. The molecule has 0 aliphatic heterocycles. The second-order valence-corrected chi connectivity index (χ2v) is 14.2. The fourth-order valence-corrected chi connectivity index (χ4v) is 9.12. The molecule has 0 N–H and O–H groups in total. The predicted molar refractivity (Wildman–Crippen MR) is 220 cm³/mol. The molecule has 0 amide bonds. The molecule has 2 aliphatic carbocycles. The summed E-state index contributed by atoms with van der Waals surface area (Å²) in [5.41, 5.74) is 14.6. The minimum absolute atomic E-state index is 0.530. The minimum atomic E-state index is -0.530. The van der Waals surface area contributed by atoms with Gasteiger partial charge in [-0.3, -0.25) is 0 Å². The van der Waals surface area contributed by atoms with Crippen LogP contribution in [0.15, 0.2) is 182 Å². The van der Waals surface area contributed by atoms with E-state index in [9.17, 15) is 5.26 Å². The fraction of sp³-hybridized carbons (Fsp3) is 0.0196. The van der Waals surface area contributed by atoms with Crippen molar-refractivity contribution in [3.05, 3.63) is 210 Å². The van der Waals surface area contributed by atoms with Crippen molar-refractivity contribution >= 4 is 10.8 Å². The molecule has 0 bridgehead atoms. The summed E-state index contributed by atoms with van der Waals surface area (Å²) >= 11 is 0. The van der Waals surface area contributed by atoms with Crippen LogP contribution in [0.5, 0.6) is 0 Å². The normalized spacial score (nSPS) is 12.9. The van der Waals surface area contributed by atoms with Gasteiger partial charge in [0.25, 0.3) is 0 Å². The van der Waals surface area contributed by atoms with Crippen LogP contribution in [0.4, 0.5) is 0 Å². The molecule has 0 radical (unpaired) electrons. The third-order valence-corrected chi connectivity index (χ3v) is 11.4. The molecule has 1 aromatic heterocycles. The lowest BCUT2D eigenvalue weighted by molar-refractivity contribution is 0.793. The SMILES string of the molecule is N#Cc1cccc2c1-c1c(-c3ccc(-c4nc(-c5ccccc5)nc(-c5cccc6ccccc56)n4)cc3)cccc1C21c2ccccc2-c2ccccc21. The van der Waals surface area contributed by atoms with Crippen LogP contribution in [-0.2, 0) is 5.41 Å². The quantitative estimate of drug-likeness (QED) is 0.184. The van der Waals surface area contributed by atoms with Crippen LogP contribution in [-0.4, -0.2) is 15.0 Å². The van der Waals surface area contributed by atoms with Gasteiger partial charge in [-0.1, -0.05) is 176 Å². The van der Waals surface area contributed by atoms with Gasteiger partial charge in [0, 0.05) is 22.3 Å². The standard InChI is InChI=1S/C51H30N4/c52-31-36-17-11-25-44-46(36)47-38(21-12-26-45(47)51(44)42-23-8-6-19-39(42)40-20-7-9-24-43(40)51)33-27-29-35(30-28-33)49-53-48(34-14-2-1-3-15-34)54-50(55-49)41-22-10-16-32-13-4-5-18-37(32)41/h1-30H. The first-order chi connectivity index (χ1) is 27.2. The van der Waals surface area contributed by atoms with Crippen molar-refractivity contribution in [2.45, 2.75) is 5.41 Å². The van der Waals surface area contributed by atoms with Crippen molar-refractivity contribution < 1.29 is 0 Å². The maximum atomic E-state index is 10.6. The number of hydrogen-bond acceptors (Lipinski definition) is 4. The second kappa shape index (κ2) is 12.0. The monoisotopic (exact) mass is 698 g/mol. The molecule has 0 atom stereocenters. The van der Waals surface area contributed by atoms with Crippen LogP contribution in [0.25, 0.3) is 78.3 Å². The predicted octanol–water partition coefficient (Wildman–Crippen LogP) is 11.9. The van der Waals surface area contributed by atoms with E-state index in [1.54, 1.807) is 0 Å². The van der Waals surface area contributed by atoms with Crippen molar-refractivity contribution in [1.29, 1.82) is 5.26 Å². The Hall–Kier alpha value is -7.48. The maximum Gasteiger partial charge on any atom is 0.164 e. The molecule has 8 aromatic carbocycles. The molecule has 2 aliphatic rings. The molecule has 1 spiro atoms. The third-order valence-electron chi connectivity index (χ3n) is 11.4. The lowest BCUT2D eigenvalue weighted by Crippen LogP contribution is -2.25. The molecule has 55 heavy (non-hydrogen) atoms. The van der Waals surface area contributed by atoms with Crippen LogP contribution < -0.4 is 0 Å². The molecule has 1 heterocycles. The number of nitrogens with zero attached hydrogens (tertiary/aromatic N) is 4. The number of rotatable bonds is 4. The Bertz CT molecular complexity index is 3000. The van der Waals surface area contributed by atoms with Crippen LogP contribution in [0.2, 0.25) is 0 Å². The number of benzene rings is 8. The highest BCUT2D eigenvalue weighted by Gasteiger charge is 2.52. The van der Waals surface area contributed by atoms with Crippen molar-refractivity contribution in [2.24, 2.45) is 0 Å². The molecule has 4 nitrogen and oxygen atoms in total. The largest absolute Gasteiger partial charge is 0.208 e. The lowest BCUT2D eigenvalue weighted by Gasteiger charge is -2.30. The van der Waals surface area contributed by atoms with E-state index in [0.29, 0.717) is 23.0 Å². The van der Waals surface area contributed by atoms with Gasteiger partial charge in [-0.25, -0.2) is 15.0 Å². The Morgan fingerprint density at radius 1 is 0.364 bits per heavy atom. The summed E-state index contributed by atoms with van der Waals surface area (Å²) in [6.07, 6.45) is 0. The number of aromatic nitrogens is 3. The van der Waals surface area contributed by atoms with E-state index < -0.39 is 5.41 Å². The summed E-state index contributed by atoms with van der Waals surface area (Å²) in [5.74, 6) is 1.87. The molecule has 0 saturated carbocycles. The summed E-state index contributed by atoms with van der Waals surface area (Å²) in [6.45, 7) is 0. The van der Waals surface area contributed by atoms with Crippen LogP contribution in [0.1, 0.15) is 27.8 Å². The number of fused-ring (bicyclic) bond motifs is 11. The van der Waals surface area contributed by atoms with Gasteiger partial charge in [-0.05, 0) is 66.9 Å². The molecule has 0 fully saturated rings. The first kappa shape index (κ1) is 31.1. The van der Waals surface area contributed by atoms with Crippen LogP contribution >= 0.6 is 0 Å². The Morgan fingerprint density at radius 2 is 0.855 bits per heavy atom. The van der Waals surface area contributed by atoms with Gasteiger partial charge in [0.1, 0.15) is 0 Å². The van der Waals surface area contributed by atoms with Crippen molar-refractivity contribution in [3.63, 3.8) is 0 Å². The number of hydrogen-bond donors (Lipinski definition) is 0. The molecule has 254 valence electrons. The highest BCUT2D eigenvalue weighted by atomic mass is 15.0. The third kappa shape index (κ3) is 4.48. The molecule has 0 saturated heterocycles. The molecule has 0 unspecified atom stereocenters. The zero-order valence-corrected chi connectivity index (χ0v) is 29.6. The highest BCUT2D eigenvalue weighted by molar-refractivity contribution is 6.01. The summed E-state index contributed by atoms with van der Waals surface area (Å²) in [5, 5.41) is 12.8. The average Bonchev–Trinajstić information content (AvgIpc) is 3.74. The summed E-state index contributed by atoms with van der Waals surface area (Å²) in [7, 11) is 0. The molecular weight excluding hydrogens is 669 g/mol. The summed E-state index contributed by atoms with van der Waals surface area (Å²) < 4.78 is 0. The smallest absolute Gasteiger partial charge is 0.164 e. The van der Waals surface area contributed by atoms with Crippen LogP contribution in [0, 0.1) is 11.3 Å². The zero-order chi connectivity index (χ0) is 36.5. The first-order valence-electron chi connectivity index (χ1n) is 18.5. The first-order valence-corrected chi connectivity index (χ1v) is 18.5. The highest BCUT2D eigenvalue weighted by Crippen LogP contribution is 2.64. The van der Waals surface area contributed by atoms with Gasteiger partial charge < -0.3 is 0 Å². The van der Waals surface area contributed by atoms with E-state index in [-0.39, 0.29) is 0 Å². The fourth-order valence-electron chi connectivity index (χ4n) is 9.12. The van der Waals surface area contributed by atoms with E-state index in [0.717, 1.165) is 55.3 Å². The molecule has 9 aromatic rings. The zero-order valence-electron chi connectivity index (χ0n) is 29.6. The molecule has 4 heteroatoms. The van der Waals surface area contributed by atoms with E-state index in [1.807, 2.05) is 42.5 Å². The maximum absolute atomic E-state index is 10.6. The van der Waals surface area contributed by atoms with Crippen molar-refractivity contribution in [1.82, 2.24) is 15.0 Å². The van der Waals surface area contributed by atoms with E-state index in [2.05, 4.69) is 146 Å². The molecular formula is C51H30N4. The summed E-state index contributed by atoms with van der Waals surface area (Å²) in [4.78, 5) is 15.1. The van der Waals surface area contributed by atoms with Gasteiger partial charge in [0.05, 0.1) is 17.0 Å². The van der Waals surface area contributed by atoms with Gasteiger partial charge >= 0.3 is 0 Å². The van der Waals surface area contributed by atoms with E-state index in [4.69, 9.17) is 15.0 Å². The van der Waals surface area contributed by atoms with Crippen LogP contribution in [0.3, 0.4) is 0 Å². The van der Waals surface area contributed by atoms with Crippen molar-refractivity contribution in [2.75, 3.05) is 0 Å². The number of nitriles is 1.